The molecule has 4 heteroatoms. The molecule has 1 unspecified atom stereocenters. The van der Waals surface area contributed by atoms with Crippen molar-refractivity contribution < 1.29 is 9.59 Å². The van der Waals surface area contributed by atoms with E-state index in [1.807, 2.05) is 20.8 Å². The summed E-state index contributed by atoms with van der Waals surface area (Å²) in [7, 11) is 0. The summed E-state index contributed by atoms with van der Waals surface area (Å²) in [6.45, 7) is 9.23. The van der Waals surface area contributed by atoms with Crippen molar-refractivity contribution in [3.05, 3.63) is 0 Å². The van der Waals surface area contributed by atoms with Crippen molar-refractivity contribution in [2.45, 2.75) is 46.6 Å². The molecule has 0 saturated carbocycles. The number of carbonyl (C=O) groups excluding carboxylic acids is 2. The Balaban J connectivity index is 2.49. The maximum atomic E-state index is 11.9. The highest BCUT2D eigenvalue weighted by atomic mass is 16.2. The van der Waals surface area contributed by atoms with Crippen LogP contribution in [0.5, 0.6) is 0 Å². The number of hydrogen-bond donors (Lipinski definition) is 1. The van der Waals surface area contributed by atoms with Crippen molar-refractivity contribution >= 4 is 11.8 Å². The summed E-state index contributed by atoms with van der Waals surface area (Å²) >= 11 is 0. The molecular weight excluding hydrogens is 204 g/mol. The van der Waals surface area contributed by atoms with Crippen LogP contribution in [0.1, 0.15) is 40.5 Å². The first-order chi connectivity index (χ1) is 7.38. The predicted octanol–water partition coefficient (Wildman–Crippen LogP) is 1.16. The molecule has 1 aliphatic rings. The van der Waals surface area contributed by atoms with E-state index in [0.29, 0.717) is 19.0 Å². The number of amides is 2. The molecular formula is C12H22N2O2. The lowest BCUT2D eigenvalue weighted by molar-refractivity contribution is -0.140. The minimum Gasteiger partial charge on any atom is -0.314 e. The predicted molar refractivity (Wildman–Crippen MR) is 62.9 cm³/mol. The van der Waals surface area contributed by atoms with E-state index in [1.54, 1.807) is 0 Å². The van der Waals surface area contributed by atoms with Crippen molar-refractivity contribution in [1.29, 1.82) is 0 Å². The lowest BCUT2D eigenvalue weighted by Gasteiger charge is -2.20. The number of nitrogens with zero attached hydrogens (tertiary/aromatic N) is 1. The molecule has 1 atom stereocenters. The zero-order valence-corrected chi connectivity index (χ0v) is 10.7. The zero-order valence-electron chi connectivity index (χ0n) is 10.7. The highest BCUT2D eigenvalue weighted by molar-refractivity contribution is 6.05. The molecule has 1 aliphatic heterocycles. The van der Waals surface area contributed by atoms with Gasteiger partial charge in [-0.05, 0) is 19.9 Å². The summed E-state index contributed by atoms with van der Waals surface area (Å²) in [4.78, 5) is 25.0. The van der Waals surface area contributed by atoms with Crippen molar-refractivity contribution in [1.82, 2.24) is 10.2 Å². The minimum atomic E-state index is -0.501. The quantitative estimate of drug-likeness (QED) is 0.716. The number of carbonyl (C=O) groups is 2. The molecule has 1 saturated heterocycles. The van der Waals surface area contributed by atoms with E-state index in [9.17, 15) is 9.59 Å². The third-order valence-electron chi connectivity index (χ3n) is 3.06. The van der Waals surface area contributed by atoms with Crippen LogP contribution in [0.3, 0.4) is 0 Å². The van der Waals surface area contributed by atoms with Gasteiger partial charge in [-0.1, -0.05) is 20.8 Å². The molecule has 1 rings (SSSR count). The van der Waals surface area contributed by atoms with Crippen LogP contribution < -0.4 is 5.32 Å². The average molecular weight is 226 g/mol. The fraction of sp³-hybridized carbons (Fsp3) is 0.833. The van der Waals surface area contributed by atoms with E-state index in [-0.39, 0.29) is 11.8 Å². The lowest BCUT2D eigenvalue weighted by atomic mass is 9.92. The van der Waals surface area contributed by atoms with Crippen LogP contribution in [0.4, 0.5) is 0 Å². The standard InChI is InChI=1S/C12H22N2O2/c1-5-13-9(2)6-7-14-10(15)8-12(3,4)11(14)16/h9,13H,5-8H2,1-4H3. The van der Waals surface area contributed by atoms with E-state index < -0.39 is 5.41 Å². The van der Waals surface area contributed by atoms with Crippen molar-refractivity contribution in [3.63, 3.8) is 0 Å². The van der Waals surface area contributed by atoms with Gasteiger partial charge in [0.25, 0.3) is 0 Å². The zero-order chi connectivity index (χ0) is 12.3. The van der Waals surface area contributed by atoms with Gasteiger partial charge in [-0.15, -0.1) is 0 Å². The van der Waals surface area contributed by atoms with Gasteiger partial charge in [-0.2, -0.15) is 0 Å². The topological polar surface area (TPSA) is 49.4 Å². The first-order valence-electron chi connectivity index (χ1n) is 5.96. The fourth-order valence-electron chi connectivity index (χ4n) is 2.03. The van der Waals surface area contributed by atoms with Gasteiger partial charge in [-0.3, -0.25) is 14.5 Å². The van der Waals surface area contributed by atoms with Gasteiger partial charge in [0.15, 0.2) is 0 Å². The Hall–Kier alpha value is -0.900. The molecule has 0 aromatic carbocycles. The highest BCUT2D eigenvalue weighted by Gasteiger charge is 2.44. The number of rotatable bonds is 5. The summed E-state index contributed by atoms with van der Waals surface area (Å²) in [5.41, 5.74) is -0.501. The summed E-state index contributed by atoms with van der Waals surface area (Å²) in [6.07, 6.45) is 1.17. The third kappa shape index (κ3) is 2.82. The first-order valence-corrected chi connectivity index (χ1v) is 5.96. The minimum absolute atomic E-state index is 0.0267. The van der Waals surface area contributed by atoms with Crippen LogP contribution in [-0.4, -0.2) is 35.8 Å². The average Bonchev–Trinajstić information content (AvgIpc) is 2.35. The molecule has 0 spiro atoms. The molecule has 1 N–H and O–H groups in total. The van der Waals surface area contributed by atoms with Crippen LogP contribution in [-0.2, 0) is 9.59 Å². The fourth-order valence-corrected chi connectivity index (χ4v) is 2.03. The smallest absolute Gasteiger partial charge is 0.235 e. The molecule has 0 aliphatic carbocycles. The summed E-state index contributed by atoms with van der Waals surface area (Å²) in [5, 5.41) is 3.27. The number of nitrogens with one attached hydrogen (secondary N) is 1. The Labute approximate surface area is 97.4 Å². The number of imide groups is 1. The summed E-state index contributed by atoms with van der Waals surface area (Å²) in [6, 6.07) is 0.342. The first kappa shape index (κ1) is 13.2. The maximum Gasteiger partial charge on any atom is 0.235 e. The molecule has 0 bridgehead atoms. The Morgan fingerprint density at radius 1 is 1.44 bits per heavy atom. The molecule has 4 nitrogen and oxygen atoms in total. The molecule has 0 radical (unpaired) electrons. The summed E-state index contributed by atoms with van der Waals surface area (Å²) < 4.78 is 0. The van der Waals surface area contributed by atoms with Gasteiger partial charge < -0.3 is 5.32 Å². The van der Waals surface area contributed by atoms with Gasteiger partial charge in [0.05, 0.1) is 5.41 Å². The normalized spacial score (nSPS) is 21.6. The molecule has 92 valence electrons. The Morgan fingerprint density at radius 2 is 2.06 bits per heavy atom. The van der Waals surface area contributed by atoms with Gasteiger partial charge >= 0.3 is 0 Å². The van der Waals surface area contributed by atoms with Crippen molar-refractivity contribution in [3.8, 4) is 0 Å². The lowest BCUT2D eigenvalue weighted by Crippen LogP contribution is -2.37. The van der Waals surface area contributed by atoms with Crippen LogP contribution in [0.25, 0.3) is 0 Å². The molecule has 1 heterocycles. The van der Waals surface area contributed by atoms with E-state index in [0.717, 1.165) is 13.0 Å². The Bertz CT molecular complexity index is 287. The molecule has 0 aromatic heterocycles. The van der Waals surface area contributed by atoms with Gasteiger partial charge in [0, 0.05) is 19.0 Å². The van der Waals surface area contributed by atoms with Gasteiger partial charge in [-0.25, -0.2) is 0 Å². The SMILES string of the molecule is CCNC(C)CCN1C(=O)CC(C)(C)C1=O. The Kier molecular flexibility index (Phi) is 4.08. The van der Waals surface area contributed by atoms with Crippen LogP contribution in [0.15, 0.2) is 0 Å². The molecule has 1 fully saturated rings. The monoisotopic (exact) mass is 226 g/mol. The Morgan fingerprint density at radius 3 is 2.50 bits per heavy atom. The number of likely N-dealkylation sites (tertiary alicyclic amines) is 1. The van der Waals surface area contributed by atoms with Crippen molar-refractivity contribution in [2.75, 3.05) is 13.1 Å². The van der Waals surface area contributed by atoms with Crippen LogP contribution >= 0.6 is 0 Å². The second-order valence-corrected chi connectivity index (χ2v) is 5.16. The van der Waals surface area contributed by atoms with Crippen molar-refractivity contribution in [2.24, 2.45) is 5.41 Å². The molecule has 0 aromatic rings. The van der Waals surface area contributed by atoms with Crippen LogP contribution in [0, 0.1) is 5.41 Å². The second-order valence-electron chi connectivity index (χ2n) is 5.16. The second kappa shape index (κ2) is 4.95. The van der Waals surface area contributed by atoms with E-state index in [2.05, 4.69) is 12.2 Å². The van der Waals surface area contributed by atoms with E-state index >= 15 is 0 Å². The number of hydrogen-bond acceptors (Lipinski definition) is 3. The molecule has 16 heavy (non-hydrogen) atoms. The highest BCUT2D eigenvalue weighted by Crippen LogP contribution is 2.31. The van der Waals surface area contributed by atoms with Gasteiger partial charge in [0.1, 0.15) is 0 Å². The van der Waals surface area contributed by atoms with E-state index in [4.69, 9.17) is 0 Å². The van der Waals surface area contributed by atoms with Crippen LogP contribution in [0.2, 0.25) is 0 Å². The summed E-state index contributed by atoms with van der Waals surface area (Å²) in [5.74, 6) is -0.0557. The van der Waals surface area contributed by atoms with Gasteiger partial charge in [0.2, 0.25) is 11.8 Å². The largest absolute Gasteiger partial charge is 0.314 e. The molecule has 2 amide bonds. The third-order valence-corrected chi connectivity index (χ3v) is 3.06. The maximum absolute atomic E-state index is 11.9. The van der Waals surface area contributed by atoms with E-state index in [1.165, 1.54) is 4.90 Å².